The number of esters is 1. The van der Waals surface area contributed by atoms with E-state index >= 15 is 0 Å². The summed E-state index contributed by atoms with van der Waals surface area (Å²) in [5, 5.41) is 0. The summed E-state index contributed by atoms with van der Waals surface area (Å²) in [7, 11) is 0.579. The molecule has 0 unspecified atom stereocenters. The molecule has 0 saturated carbocycles. The van der Waals surface area contributed by atoms with E-state index in [0.717, 1.165) is 42.4 Å². The largest absolute Gasteiger partial charge is 0.493 e. The molecule has 7 nitrogen and oxygen atoms in total. The summed E-state index contributed by atoms with van der Waals surface area (Å²) in [5.74, 6) is 0.603. The zero-order valence-electron chi connectivity index (χ0n) is 18.7. The Labute approximate surface area is 189 Å². The molecule has 1 heterocycles. The second kappa shape index (κ2) is 9.11. The van der Waals surface area contributed by atoms with Gasteiger partial charge < -0.3 is 14.2 Å². The topological polar surface area (TPSA) is 82.1 Å². The average molecular weight is 460 g/mol. The van der Waals surface area contributed by atoms with Crippen molar-refractivity contribution >= 4 is 16.0 Å². The lowest BCUT2D eigenvalue weighted by atomic mass is 9.91. The fourth-order valence-corrected chi connectivity index (χ4v) is 6.41. The number of methoxy groups -OCH3 is 3. The highest BCUT2D eigenvalue weighted by Crippen LogP contribution is 2.42. The molecule has 172 valence electrons. The Morgan fingerprint density at radius 2 is 1.62 bits per heavy atom. The van der Waals surface area contributed by atoms with E-state index in [0.29, 0.717) is 17.9 Å². The van der Waals surface area contributed by atoms with Crippen molar-refractivity contribution in [3.63, 3.8) is 0 Å². The molecule has 0 fully saturated rings. The molecule has 4 rings (SSSR count). The molecule has 2 aromatic rings. The highest BCUT2D eigenvalue weighted by Gasteiger charge is 2.39. The molecule has 2 aromatic carbocycles. The SMILES string of the molecule is COC(=O)C[C@@H]1c2cc(OC)c(OC)cc2CCN1S(=O)(=O)c1ccc2c(c1)CCCC2. The van der Waals surface area contributed by atoms with E-state index in [1.807, 2.05) is 18.2 Å². The van der Waals surface area contributed by atoms with Crippen LogP contribution in [0.5, 0.6) is 11.5 Å². The highest BCUT2D eigenvalue weighted by molar-refractivity contribution is 7.89. The minimum absolute atomic E-state index is 0.0802. The summed E-state index contributed by atoms with van der Waals surface area (Å²) in [6, 6.07) is 8.38. The van der Waals surface area contributed by atoms with Crippen LogP contribution in [0.1, 0.15) is 47.6 Å². The number of ether oxygens (including phenoxy) is 3. The number of hydrogen-bond donors (Lipinski definition) is 0. The molecule has 0 amide bonds. The van der Waals surface area contributed by atoms with E-state index in [-0.39, 0.29) is 17.9 Å². The maximum absolute atomic E-state index is 13.8. The van der Waals surface area contributed by atoms with Crippen LogP contribution in [-0.4, -0.2) is 46.6 Å². The minimum Gasteiger partial charge on any atom is -0.493 e. The van der Waals surface area contributed by atoms with Gasteiger partial charge >= 0.3 is 5.97 Å². The lowest BCUT2D eigenvalue weighted by Crippen LogP contribution is -2.41. The van der Waals surface area contributed by atoms with Crippen molar-refractivity contribution in [3.05, 3.63) is 52.6 Å². The standard InChI is InChI=1S/C24H29NO6S/c1-29-22-13-18-10-11-25(21(15-24(26)31-3)20(18)14-23(22)30-2)32(27,28)19-9-8-16-6-4-5-7-17(16)12-19/h8-9,12-14,21H,4-7,10-11,15H2,1-3H3/t21-/m1/s1. The van der Waals surface area contributed by atoms with Crippen LogP contribution in [0.4, 0.5) is 0 Å². The Balaban J connectivity index is 1.78. The van der Waals surface area contributed by atoms with E-state index in [1.54, 1.807) is 19.2 Å². The Hall–Kier alpha value is -2.58. The molecule has 0 N–H and O–H groups in total. The van der Waals surface area contributed by atoms with Gasteiger partial charge in [0.1, 0.15) is 0 Å². The van der Waals surface area contributed by atoms with Crippen LogP contribution in [0.25, 0.3) is 0 Å². The number of fused-ring (bicyclic) bond motifs is 2. The van der Waals surface area contributed by atoms with Gasteiger partial charge in [-0.15, -0.1) is 0 Å². The van der Waals surface area contributed by atoms with Crippen LogP contribution in [0.15, 0.2) is 35.2 Å². The number of carbonyl (C=O) groups excluding carboxylic acids is 1. The molecule has 2 aliphatic rings. The normalized spacial score (nSPS) is 18.4. The predicted octanol–water partition coefficient (Wildman–Crippen LogP) is 3.43. The summed E-state index contributed by atoms with van der Waals surface area (Å²) in [6.07, 6.45) is 4.51. The monoisotopic (exact) mass is 459 g/mol. The average Bonchev–Trinajstić information content (AvgIpc) is 2.82. The third-order valence-electron chi connectivity index (χ3n) is 6.47. The number of sulfonamides is 1. The second-order valence-electron chi connectivity index (χ2n) is 8.21. The third kappa shape index (κ3) is 4.09. The number of nitrogens with zero attached hydrogens (tertiary/aromatic N) is 1. The van der Waals surface area contributed by atoms with Gasteiger partial charge in [-0.05, 0) is 78.6 Å². The molecule has 1 atom stereocenters. The zero-order valence-corrected chi connectivity index (χ0v) is 19.5. The van der Waals surface area contributed by atoms with Crippen LogP contribution in [0, 0.1) is 0 Å². The first-order chi connectivity index (χ1) is 15.4. The smallest absolute Gasteiger partial charge is 0.307 e. The van der Waals surface area contributed by atoms with Crippen LogP contribution in [0.3, 0.4) is 0 Å². The quantitative estimate of drug-likeness (QED) is 0.616. The predicted molar refractivity (Wildman–Crippen MR) is 120 cm³/mol. The Morgan fingerprint density at radius 3 is 2.31 bits per heavy atom. The Kier molecular flexibility index (Phi) is 6.44. The van der Waals surface area contributed by atoms with Gasteiger partial charge in [0.25, 0.3) is 0 Å². The van der Waals surface area contributed by atoms with Crippen molar-refractivity contribution in [2.24, 2.45) is 0 Å². The van der Waals surface area contributed by atoms with Crippen molar-refractivity contribution in [1.29, 1.82) is 0 Å². The molecule has 0 radical (unpaired) electrons. The second-order valence-corrected chi connectivity index (χ2v) is 10.1. The van der Waals surface area contributed by atoms with E-state index < -0.39 is 22.0 Å². The summed E-state index contributed by atoms with van der Waals surface area (Å²) < 4.78 is 44.7. The van der Waals surface area contributed by atoms with Crippen molar-refractivity contribution in [2.75, 3.05) is 27.9 Å². The van der Waals surface area contributed by atoms with E-state index in [9.17, 15) is 13.2 Å². The van der Waals surface area contributed by atoms with Crippen LogP contribution < -0.4 is 9.47 Å². The lowest BCUT2D eigenvalue weighted by Gasteiger charge is -2.36. The number of benzene rings is 2. The molecule has 1 aliphatic carbocycles. The van der Waals surface area contributed by atoms with Crippen LogP contribution in [0.2, 0.25) is 0 Å². The number of rotatable bonds is 6. The molecular formula is C24H29NO6S. The van der Waals surface area contributed by atoms with E-state index in [2.05, 4.69) is 0 Å². The summed E-state index contributed by atoms with van der Waals surface area (Å²) in [5.41, 5.74) is 4.00. The van der Waals surface area contributed by atoms with Crippen molar-refractivity contribution in [2.45, 2.75) is 49.5 Å². The van der Waals surface area contributed by atoms with Gasteiger partial charge in [0, 0.05) is 6.54 Å². The fraction of sp³-hybridized carbons (Fsp3) is 0.458. The molecule has 0 saturated heterocycles. The summed E-state index contributed by atoms with van der Waals surface area (Å²) in [4.78, 5) is 12.5. The van der Waals surface area contributed by atoms with Crippen molar-refractivity contribution < 1.29 is 27.4 Å². The van der Waals surface area contributed by atoms with Gasteiger partial charge in [-0.3, -0.25) is 4.79 Å². The third-order valence-corrected chi connectivity index (χ3v) is 8.37. The molecular weight excluding hydrogens is 430 g/mol. The first-order valence-corrected chi connectivity index (χ1v) is 12.3. The summed E-state index contributed by atoms with van der Waals surface area (Å²) in [6.45, 7) is 0.267. The van der Waals surface area contributed by atoms with Gasteiger partial charge in [-0.25, -0.2) is 8.42 Å². The van der Waals surface area contributed by atoms with Gasteiger partial charge in [0.05, 0.1) is 38.7 Å². The first kappa shape index (κ1) is 22.6. The first-order valence-electron chi connectivity index (χ1n) is 10.8. The minimum atomic E-state index is -3.82. The van der Waals surface area contributed by atoms with Crippen molar-refractivity contribution in [3.8, 4) is 11.5 Å². The molecule has 1 aliphatic heterocycles. The van der Waals surface area contributed by atoms with Crippen LogP contribution >= 0.6 is 0 Å². The van der Waals surface area contributed by atoms with Crippen molar-refractivity contribution in [1.82, 2.24) is 4.31 Å². The van der Waals surface area contributed by atoms with E-state index in [1.165, 1.54) is 24.1 Å². The molecule has 0 aromatic heterocycles. The number of hydrogen-bond acceptors (Lipinski definition) is 6. The van der Waals surface area contributed by atoms with E-state index in [4.69, 9.17) is 14.2 Å². The molecule has 8 heteroatoms. The molecule has 0 spiro atoms. The molecule has 32 heavy (non-hydrogen) atoms. The number of carbonyl (C=O) groups is 1. The molecule has 0 bridgehead atoms. The fourth-order valence-electron chi connectivity index (χ4n) is 4.75. The van der Waals surface area contributed by atoms with Crippen LogP contribution in [-0.2, 0) is 38.8 Å². The van der Waals surface area contributed by atoms with Gasteiger partial charge in [0.15, 0.2) is 11.5 Å². The Morgan fingerprint density at radius 1 is 0.938 bits per heavy atom. The Bertz CT molecular complexity index is 1130. The maximum Gasteiger partial charge on any atom is 0.307 e. The number of aryl methyl sites for hydroxylation is 2. The van der Waals surface area contributed by atoms with Gasteiger partial charge in [-0.2, -0.15) is 4.31 Å². The summed E-state index contributed by atoms with van der Waals surface area (Å²) >= 11 is 0. The maximum atomic E-state index is 13.8. The lowest BCUT2D eigenvalue weighted by molar-refractivity contribution is -0.141. The zero-order chi connectivity index (χ0) is 22.9. The highest BCUT2D eigenvalue weighted by atomic mass is 32.2. The van der Waals surface area contributed by atoms with Gasteiger partial charge in [-0.1, -0.05) is 6.07 Å². The van der Waals surface area contributed by atoms with Gasteiger partial charge in [0.2, 0.25) is 10.0 Å².